The largest absolute Gasteiger partial charge is 0.326 e. The molecule has 7 nitrogen and oxygen atoms in total. The summed E-state index contributed by atoms with van der Waals surface area (Å²) < 4.78 is 1.69. The van der Waals surface area contributed by atoms with Gasteiger partial charge < -0.3 is 5.73 Å². The number of aromatic nitrogens is 2. The Labute approximate surface area is 111 Å². The van der Waals surface area contributed by atoms with Gasteiger partial charge in [-0.3, -0.25) is 24.5 Å². The van der Waals surface area contributed by atoms with E-state index in [4.69, 9.17) is 5.73 Å². The van der Waals surface area contributed by atoms with E-state index in [-0.39, 0.29) is 37.0 Å². The number of imide groups is 1. The number of rotatable bonds is 4. The summed E-state index contributed by atoms with van der Waals surface area (Å²) in [6.07, 6.45) is 4.36. The molecule has 0 aromatic carbocycles. The highest BCUT2D eigenvalue weighted by Gasteiger charge is 2.33. The number of nitrogens with zero attached hydrogens (tertiary/aromatic N) is 3. The summed E-state index contributed by atoms with van der Waals surface area (Å²) in [4.78, 5) is 24.8. The van der Waals surface area contributed by atoms with E-state index >= 15 is 0 Å². The lowest BCUT2D eigenvalue weighted by molar-refractivity contribution is -0.137. The van der Waals surface area contributed by atoms with Crippen molar-refractivity contribution in [2.45, 2.75) is 25.4 Å². The van der Waals surface area contributed by atoms with Crippen LogP contribution in [0.25, 0.3) is 0 Å². The van der Waals surface area contributed by atoms with Gasteiger partial charge in [0.25, 0.3) is 0 Å². The maximum absolute atomic E-state index is 11.5. The van der Waals surface area contributed by atoms with Gasteiger partial charge in [-0.1, -0.05) is 6.92 Å². The summed E-state index contributed by atoms with van der Waals surface area (Å²) in [5.41, 5.74) is 7.09. The van der Waals surface area contributed by atoms with Crippen molar-refractivity contribution in [3.05, 3.63) is 18.0 Å². The van der Waals surface area contributed by atoms with E-state index in [0.29, 0.717) is 0 Å². The maximum Gasteiger partial charge on any atom is 0.240 e. The summed E-state index contributed by atoms with van der Waals surface area (Å²) in [7, 11) is 1.83. The van der Waals surface area contributed by atoms with E-state index < -0.39 is 0 Å². The Kier molecular flexibility index (Phi) is 3.96. The van der Waals surface area contributed by atoms with E-state index in [0.717, 1.165) is 12.0 Å². The second-order valence-corrected chi connectivity index (χ2v) is 4.84. The fraction of sp³-hybridized carbons (Fsp3) is 0.583. The maximum atomic E-state index is 11.5. The van der Waals surface area contributed by atoms with Crippen molar-refractivity contribution in [3.63, 3.8) is 0 Å². The number of nitrogens with two attached hydrogens (primary N) is 1. The van der Waals surface area contributed by atoms with Crippen LogP contribution in [0.2, 0.25) is 0 Å². The molecule has 0 bridgehead atoms. The summed E-state index contributed by atoms with van der Waals surface area (Å²) in [5, 5.41) is 6.43. The number of hydrogen-bond acceptors (Lipinski definition) is 5. The third-order valence-corrected chi connectivity index (χ3v) is 3.31. The third kappa shape index (κ3) is 2.99. The first-order valence-corrected chi connectivity index (χ1v) is 6.32. The Balaban J connectivity index is 2.27. The molecule has 1 saturated heterocycles. The topological polar surface area (TPSA) is 93.2 Å². The quantitative estimate of drug-likeness (QED) is 0.692. The summed E-state index contributed by atoms with van der Waals surface area (Å²) >= 11 is 0. The molecule has 7 heteroatoms. The first-order chi connectivity index (χ1) is 9.01. The molecule has 0 spiro atoms. The summed E-state index contributed by atoms with van der Waals surface area (Å²) in [6, 6.07) is -0.323. The first-order valence-electron chi connectivity index (χ1n) is 6.32. The second-order valence-electron chi connectivity index (χ2n) is 4.84. The number of nitrogens with one attached hydrogen (secondary N) is 1. The lowest BCUT2D eigenvalue weighted by Gasteiger charge is -2.35. The van der Waals surface area contributed by atoms with Gasteiger partial charge in [-0.25, -0.2) is 0 Å². The van der Waals surface area contributed by atoms with E-state index in [9.17, 15) is 9.59 Å². The minimum absolute atomic E-state index is 0.150. The van der Waals surface area contributed by atoms with E-state index in [2.05, 4.69) is 10.4 Å². The fourth-order valence-electron chi connectivity index (χ4n) is 2.40. The predicted octanol–water partition coefficient (Wildman–Crippen LogP) is -0.843. The van der Waals surface area contributed by atoms with Gasteiger partial charge in [0.1, 0.15) is 0 Å². The van der Waals surface area contributed by atoms with Gasteiger partial charge in [0.15, 0.2) is 0 Å². The van der Waals surface area contributed by atoms with Crippen LogP contribution in [0.15, 0.2) is 12.4 Å². The molecular weight excluding hydrogens is 246 g/mol. The van der Waals surface area contributed by atoms with E-state index in [1.54, 1.807) is 10.9 Å². The molecule has 2 amide bonds. The predicted molar refractivity (Wildman–Crippen MR) is 68.9 cm³/mol. The molecule has 2 unspecified atom stereocenters. The first kappa shape index (κ1) is 13.7. The van der Waals surface area contributed by atoms with E-state index in [1.165, 1.54) is 0 Å². The van der Waals surface area contributed by atoms with E-state index in [1.807, 2.05) is 25.1 Å². The van der Waals surface area contributed by atoms with Gasteiger partial charge >= 0.3 is 0 Å². The van der Waals surface area contributed by atoms with Crippen LogP contribution in [0.1, 0.15) is 24.9 Å². The van der Waals surface area contributed by atoms with Crippen molar-refractivity contribution < 1.29 is 9.59 Å². The average molecular weight is 265 g/mol. The lowest BCUT2D eigenvalue weighted by Crippen LogP contribution is -2.55. The minimum atomic E-state index is -0.284. The Bertz CT molecular complexity index is 468. The van der Waals surface area contributed by atoms with Gasteiger partial charge in [-0.05, 0) is 6.42 Å². The number of hydrogen-bond donors (Lipinski definition) is 2. The Hall–Kier alpha value is -1.73. The van der Waals surface area contributed by atoms with Crippen LogP contribution in [0.4, 0.5) is 0 Å². The second kappa shape index (κ2) is 5.50. The Morgan fingerprint density at radius 3 is 2.53 bits per heavy atom. The lowest BCUT2D eigenvalue weighted by atomic mass is 9.98. The number of piperazine rings is 1. The average Bonchev–Trinajstić information content (AvgIpc) is 2.74. The third-order valence-electron chi connectivity index (χ3n) is 3.31. The van der Waals surface area contributed by atoms with Crippen molar-refractivity contribution in [3.8, 4) is 0 Å². The van der Waals surface area contributed by atoms with Gasteiger partial charge in [-0.15, -0.1) is 0 Å². The Morgan fingerprint density at radius 1 is 1.42 bits per heavy atom. The Morgan fingerprint density at radius 2 is 2.05 bits per heavy atom. The molecule has 0 saturated carbocycles. The number of carbonyl (C=O) groups is 2. The van der Waals surface area contributed by atoms with Crippen LogP contribution < -0.4 is 11.1 Å². The van der Waals surface area contributed by atoms with Crippen molar-refractivity contribution >= 4 is 11.8 Å². The zero-order valence-corrected chi connectivity index (χ0v) is 11.2. The monoisotopic (exact) mass is 265 g/mol. The highest BCUT2D eigenvalue weighted by molar-refractivity contribution is 5.99. The number of amides is 2. The fourth-order valence-corrected chi connectivity index (χ4v) is 2.40. The van der Waals surface area contributed by atoms with Crippen LogP contribution in [-0.4, -0.2) is 45.6 Å². The molecule has 3 N–H and O–H groups in total. The van der Waals surface area contributed by atoms with Crippen molar-refractivity contribution in [2.24, 2.45) is 12.8 Å². The van der Waals surface area contributed by atoms with Crippen LogP contribution >= 0.6 is 0 Å². The zero-order chi connectivity index (χ0) is 14.0. The number of carbonyl (C=O) groups excluding carboxylic acids is 2. The molecule has 0 radical (unpaired) electrons. The van der Waals surface area contributed by atoms with Crippen molar-refractivity contribution in [1.29, 1.82) is 0 Å². The molecule has 2 atom stereocenters. The molecule has 1 aliphatic heterocycles. The molecule has 2 rings (SSSR count). The minimum Gasteiger partial charge on any atom is -0.326 e. The van der Waals surface area contributed by atoms with Crippen LogP contribution in [0.3, 0.4) is 0 Å². The molecule has 0 aliphatic carbocycles. The zero-order valence-electron chi connectivity index (χ0n) is 11.2. The molecule has 1 fully saturated rings. The van der Waals surface area contributed by atoms with Crippen LogP contribution in [0.5, 0.6) is 0 Å². The SMILES string of the molecule is CCC(N)C(c1cnn(C)c1)N1CC(=O)NC(=O)C1. The van der Waals surface area contributed by atoms with Crippen LogP contribution in [-0.2, 0) is 16.6 Å². The summed E-state index contributed by atoms with van der Waals surface area (Å²) in [6.45, 7) is 2.35. The van der Waals surface area contributed by atoms with Gasteiger partial charge in [0.2, 0.25) is 11.8 Å². The van der Waals surface area contributed by atoms with Crippen LogP contribution in [0, 0.1) is 0 Å². The highest BCUT2D eigenvalue weighted by Crippen LogP contribution is 2.25. The standard InChI is InChI=1S/C12H19N5O2/c1-3-9(13)12(8-4-14-16(2)5-8)17-6-10(18)15-11(19)7-17/h4-5,9,12H,3,6-7,13H2,1-2H3,(H,15,18,19). The van der Waals surface area contributed by atoms with Gasteiger partial charge in [0, 0.05) is 24.8 Å². The van der Waals surface area contributed by atoms with Crippen molar-refractivity contribution in [1.82, 2.24) is 20.0 Å². The normalized spacial score (nSPS) is 20.2. The van der Waals surface area contributed by atoms with Gasteiger partial charge in [-0.2, -0.15) is 5.10 Å². The summed E-state index contributed by atoms with van der Waals surface area (Å²) in [5.74, 6) is -0.568. The highest BCUT2D eigenvalue weighted by atomic mass is 16.2. The molecule has 2 heterocycles. The molecular formula is C12H19N5O2. The molecule has 1 aromatic rings. The number of aryl methyl sites for hydroxylation is 1. The van der Waals surface area contributed by atoms with Crippen molar-refractivity contribution in [2.75, 3.05) is 13.1 Å². The molecule has 1 aliphatic rings. The smallest absolute Gasteiger partial charge is 0.240 e. The molecule has 19 heavy (non-hydrogen) atoms. The van der Waals surface area contributed by atoms with Gasteiger partial charge in [0.05, 0.1) is 25.3 Å². The molecule has 1 aromatic heterocycles. The molecule has 104 valence electrons.